The maximum atomic E-state index is 12.3. The molecule has 0 saturated heterocycles. The molecule has 0 aliphatic carbocycles. The van der Waals surface area contributed by atoms with Crippen LogP contribution >= 0.6 is 23.1 Å². The first-order valence-electron chi connectivity index (χ1n) is 7.57. The molecule has 3 aromatic rings. The number of thiazole rings is 1. The first-order valence-corrected chi connectivity index (χ1v) is 9.33. The smallest absolute Gasteiger partial charge is 0.239 e. The average molecular weight is 388 g/mol. The molecule has 0 aliphatic heterocycles. The molecule has 1 aromatic carbocycles. The van der Waals surface area contributed by atoms with Gasteiger partial charge in [-0.05, 0) is 31.2 Å². The minimum absolute atomic E-state index is 0.124. The largest absolute Gasteiger partial charge is 0.497 e. The Morgan fingerprint density at radius 1 is 1.27 bits per heavy atom. The number of nitrogen functional groups attached to an aromatic ring is 1. The molecular formula is C16H16N6O2S2. The van der Waals surface area contributed by atoms with E-state index in [9.17, 15) is 4.79 Å². The lowest BCUT2D eigenvalue weighted by molar-refractivity contribution is -0.115. The number of anilines is 2. The van der Waals surface area contributed by atoms with Crippen LogP contribution < -0.4 is 15.8 Å². The molecule has 0 aliphatic rings. The van der Waals surface area contributed by atoms with E-state index in [2.05, 4.69) is 25.3 Å². The number of hydrogen-bond acceptors (Lipinski definition) is 9. The number of thioether (sulfide) groups is 1. The molecule has 2 heterocycles. The molecule has 0 bridgehead atoms. The summed E-state index contributed by atoms with van der Waals surface area (Å²) in [6, 6.07) is 7.57. The number of benzene rings is 1. The lowest BCUT2D eigenvalue weighted by atomic mass is 10.2. The normalized spacial score (nSPS) is 11.8. The van der Waals surface area contributed by atoms with Crippen molar-refractivity contribution in [3.8, 4) is 17.0 Å². The van der Waals surface area contributed by atoms with Crippen molar-refractivity contribution in [3.63, 3.8) is 0 Å². The van der Waals surface area contributed by atoms with Gasteiger partial charge >= 0.3 is 0 Å². The minimum atomic E-state index is -0.412. The van der Waals surface area contributed by atoms with Crippen molar-refractivity contribution < 1.29 is 9.53 Å². The predicted octanol–water partition coefficient (Wildman–Crippen LogP) is 2.71. The number of carbonyl (C=O) groups excluding carboxylic acids is 1. The lowest BCUT2D eigenvalue weighted by Gasteiger charge is -2.09. The van der Waals surface area contributed by atoms with Crippen LogP contribution in [-0.4, -0.2) is 38.2 Å². The summed E-state index contributed by atoms with van der Waals surface area (Å²) in [6.45, 7) is 1.76. The van der Waals surface area contributed by atoms with E-state index in [-0.39, 0.29) is 11.9 Å². The SMILES string of the molecule is COc1ccc(-c2csc(NC(=O)C(C)Sc3ncnc(N)n3)n2)cc1. The summed E-state index contributed by atoms with van der Waals surface area (Å²) in [4.78, 5) is 28.5. The zero-order valence-corrected chi connectivity index (χ0v) is 15.7. The summed E-state index contributed by atoms with van der Waals surface area (Å²) < 4.78 is 5.15. The third kappa shape index (κ3) is 4.46. The van der Waals surface area contributed by atoms with E-state index >= 15 is 0 Å². The van der Waals surface area contributed by atoms with Crippen LogP contribution in [0.2, 0.25) is 0 Å². The molecule has 0 spiro atoms. The number of methoxy groups -OCH3 is 1. The molecule has 0 fully saturated rings. The third-order valence-corrected chi connectivity index (χ3v) is 5.07. The second-order valence-corrected chi connectivity index (χ2v) is 7.31. The number of nitrogens with one attached hydrogen (secondary N) is 1. The highest BCUT2D eigenvalue weighted by atomic mass is 32.2. The van der Waals surface area contributed by atoms with Gasteiger partial charge in [0.1, 0.15) is 12.1 Å². The van der Waals surface area contributed by atoms with Crippen molar-refractivity contribution in [2.75, 3.05) is 18.2 Å². The summed E-state index contributed by atoms with van der Waals surface area (Å²) >= 11 is 2.57. The number of rotatable bonds is 6. The maximum Gasteiger partial charge on any atom is 0.239 e. The van der Waals surface area contributed by atoms with E-state index in [1.165, 1.54) is 29.4 Å². The van der Waals surface area contributed by atoms with Gasteiger partial charge in [0.15, 0.2) is 10.3 Å². The average Bonchev–Trinajstić information content (AvgIpc) is 3.10. The molecule has 3 N–H and O–H groups in total. The molecule has 1 unspecified atom stereocenters. The molecular weight excluding hydrogens is 372 g/mol. The van der Waals surface area contributed by atoms with Gasteiger partial charge in [-0.3, -0.25) is 4.79 Å². The van der Waals surface area contributed by atoms with Crippen LogP contribution in [0.4, 0.5) is 11.1 Å². The van der Waals surface area contributed by atoms with Crippen LogP contribution in [0.3, 0.4) is 0 Å². The Labute approximate surface area is 158 Å². The van der Waals surface area contributed by atoms with Gasteiger partial charge in [-0.15, -0.1) is 11.3 Å². The van der Waals surface area contributed by atoms with Crippen molar-refractivity contribution in [2.24, 2.45) is 0 Å². The molecule has 3 rings (SSSR count). The zero-order chi connectivity index (χ0) is 18.5. The number of aromatic nitrogens is 4. The van der Waals surface area contributed by atoms with Crippen LogP contribution in [-0.2, 0) is 4.79 Å². The summed E-state index contributed by atoms with van der Waals surface area (Å²) in [5.41, 5.74) is 7.26. The van der Waals surface area contributed by atoms with Crippen molar-refractivity contribution >= 4 is 40.1 Å². The Bertz CT molecular complexity index is 900. The van der Waals surface area contributed by atoms with E-state index in [4.69, 9.17) is 10.5 Å². The zero-order valence-electron chi connectivity index (χ0n) is 14.0. The molecule has 26 heavy (non-hydrogen) atoms. The monoisotopic (exact) mass is 388 g/mol. The van der Waals surface area contributed by atoms with Crippen LogP contribution in [0.1, 0.15) is 6.92 Å². The first-order chi connectivity index (χ1) is 12.5. The van der Waals surface area contributed by atoms with E-state index in [0.717, 1.165) is 17.0 Å². The third-order valence-electron chi connectivity index (χ3n) is 3.34. The van der Waals surface area contributed by atoms with E-state index in [1.54, 1.807) is 14.0 Å². The van der Waals surface area contributed by atoms with Crippen molar-refractivity contribution in [2.45, 2.75) is 17.3 Å². The molecule has 0 saturated carbocycles. The summed E-state index contributed by atoms with van der Waals surface area (Å²) in [6.07, 6.45) is 1.32. The van der Waals surface area contributed by atoms with Crippen molar-refractivity contribution in [1.82, 2.24) is 19.9 Å². The van der Waals surface area contributed by atoms with Crippen LogP contribution in [0.25, 0.3) is 11.3 Å². The molecule has 10 heteroatoms. The number of hydrogen-bond donors (Lipinski definition) is 2. The molecule has 8 nitrogen and oxygen atoms in total. The van der Waals surface area contributed by atoms with Crippen molar-refractivity contribution in [1.29, 1.82) is 0 Å². The van der Waals surface area contributed by atoms with Crippen LogP contribution in [0, 0.1) is 0 Å². The number of nitrogens with zero attached hydrogens (tertiary/aromatic N) is 4. The Balaban J connectivity index is 1.63. The van der Waals surface area contributed by atoms with Gasteiger partial charge in [0.2, 0.25) is 11.9 Å². The van der Waals surface area contributed by atoms with Gasteiger partial charge in [-0.25, -0.2) is 15.0 Å². The van der Waals surface area contributed by atoms with Gasteiger partial charge in [-0.2, -0.15) is 4.98 Å². The summed E-state index contributed by atoms with van der Waals surface area (Å²) in [5.74, 6) is 0.714. The molecule has 0 radical (unpaired) electrons. The van der Waals surface area contributed by atoms with E-state index in [1.807, 2.05) is 29.6 Å². The predicted molar refractivity (Wildman–Crippen MR) is 102 cm³/mol. The van der Waals surface area contributed by atoms with Crippen LogP contribution in [0.15, 0.2) is 41.1 Å². The standard InChI is InChI=1S/C16H16N6O2S2/c1-9(26-15-19-8-18-14(17)22-15)13(23)21-16-20-12(7-25-16)10-3-5-11(24-2)6-4-10/h3-9H,1-2H3,(H,20,21,23)(H2,17,18,19,22). The van der Waals surface area contributed by atoms with Gasteiger partial charge in [-0.1, -0.05) is 11.8 Å². The number of carbonyl (C=O) groups is 1. The Morgan fingerprint density at radius 2 is 2.04 bits per heavy atom. The lowest BCUT2D eigenvalue weighted by Crippen LogP contribution is -2.22. The molecule has 1 atom stereocenters. The highest BCUT2D eigenvalue weighted by molar-refractivity contribution is 8.00. The van der Waals surface area contributed by atoms with E-state index in [0.29, 0.717) is 10.3 Å². The molecule has 1 amide bonds. The summed E-state index contributed by atoms with van der Waals surface area (Å²) in [5, 5.41) is 5.22. The number of nitrogens with two attached hydrogens (primary N) is 1. The van der Waals surface area contributed by atoms with Gasteiger partial charge in [0.25, 0.3) is 0 Å². The number of amides is 1. The quantitative estimate of drug-likeness (QED) is 0.619. The fraction of sp³-hybridized carbons (Fsp3) is 0.188. The highest BCUT2D eigenvalue weighted by Gasteiger charge is 2.18. The number of ether oxygens (including phenoxy) is 1. The molecule has 134 valence electrons. The Kier molecular flexibility index (Phi) is 5.64. The Morgan fingerprint density at radius 3 is 2.73 bits per heavy atom. The van der Waals surface area contributed by atoms with Gasteiger partial charge < -0.3 is 15.8 Å². The highest BCUT2D eigenvalue weighted by Crippen LogP contribution is 2.27. The molecule has 2 aromatic heterocycles. The second-order valence-electron chi connectivity index (χ2n) is 5.14. The first kappa shape index (κ1) is 18.1. The Hall–Kier alpha value is -2.72. The van der Waals surface area contributed by atoms with Gasteiger partial charge in [0, 0.05) is 10.9 Å². The van der Waals surface area contributed by atoms with Gasteiger partial charge in [0.05, 0.1) is 18.1 Å². The summed E-state index contributed by atoms with van der Waals surface area (Å²) in [7, 11) is 1.62. The maximum absolute atomic E-state index is 12.3. The fourth-order valence-corrected chi connectivity index (χ4v) is 3.45. The van der Waals surface area contributed by atoms with Crippen molar-refractivity contribution in [3.05, 3.63) is 36.0 Å². The van der Waals surface area contributed by atoms with E-state index < -0.39 is 5.25 Å². The second kappa shape index (κ2) is 8.11. The minimum Gasteiger partial charge on any atom is -0.497 e. The van der Waals surface area contributed by atoms with Crippen LogP contribution in [0.5, 0.6) is 5.75 Å². The topological polar surface area (TPSA) is 116 Å². The fourth-order valence-electron chi connectivity index (χ4n) is 1.99.